The van der Waals surface area contributed by atoms with Crippen LogP contribution in [0.25, 0.3) is 0 Å². The molecule has 0 spiro atoms. The van der Waals surface area contributed by atoms with Crippen LogP contribution in [-0.4, -0.2) is 11.1 Å². The molecule has 1 fully saturated rings. The maximum Gasteiger partial charge on any atom is 0.228 e. The molecule has 1 aliphatic carbocycles. The van der Waals surface area contributed by atoms with Crippen molar-refractivity contribution in [2.45, 2.75) is 46.1 Å². The van der Waals surface area contributed by atoms with Crippen molar-refractivity contribution in [3.8, 4) is 5.88 Å². The fourth-order valence-corrected chi connectivity index (χ4v) is 3.05. The van der Waals surface area contributed by atoms with Gasteiger partial charge < -0.3 is 4.74 Å². The van der Waals surface area contributed by atoms with Gasteiger partial charge in [-0.25, -0.2) is 4.98 Å². The Kier molecular flexibility index (Phi) is 4.08. The van der Waals surface area contributed by atoms with E-state index < -0.39 is 0 Å². The Morgan fingerprint density at radius 3 is 2.53 bits per heavy atom. The number of aryl methyl sites for hydroxylation is 1. The van der Waals surface area contributed by atoms with Crippen LogP contribution in [0.3, 0.4) is 0 Å². The van der Waals surface area contributed by atoms with Crippen molar-refractivity contribution in [2.24, 2.45) is 11.8 Å². The van der Waals surface area contributed by atoms with Gasteiger partial charge in [0.1, 0.15) is 6.10 Å². The van der Waals surface area contributed by atoms with Crippen molar-refractivity contribution < 1.29 is 4.74 Å². The zero-order valence-electron chi connectivity index (χ0n) is 10.7. The molecule has 2 atom stereocenters. The lowest BCUT2D eigenvalue weighted by Crippen LogP contribution is -2.28. The third kappa shape index (κ3) is 3.21. The largest absolute Gasteiger partial charge is 0.474 e. The molecule has 0 radical (unpaired) electrons. The molecule has 3 heteroatoms. The molecule has 1 saturated carbocycles. The van der Waals surface area contributed by atoms with Gasteiger partial charge in [-0.2, -0.15) is 0 Å². The van der Waals surface area contributed by atoms with Gasteiger partial charge in [-0.15, -0.1) is 0 Å². The highest BCUT2D eigenvalue weighted by Crippen LogP contribution is 2.33. The molecule has 0 aliphatic heterocycles. The number of ether oxygens (including phenoxy) is 1. The van der Waals surface area contributed by atoms with E-state index in [1.54, 1.807) is 0 Å². The monoisotopic (exact) mass is 297 g/mol. The maximum absolute atomic E-state index is 6.05. The van der Waals surface area contributed by atoms with Gasteiger partial charge in [0.05, 0.1) is 4.47 Å². The van der Waals surface area contributed by atoms with Gasteiger partial charge in [-0.3, -0.25) is 0 Å². The molecule has 0 saturated heterocycles. The van der Waals surface area contributed by atoms with Crippen LogP contribution in [0.2, 0.25) is 0 Å². The van der Waals surface area contributed by atoms with Crippen LogP contribution >= 0.6 is 15.9 Å². The highest BCUT2D eigenvalue weighted by molar-refractivity contribution is 9.10. The van der Waals surface area contributed by atoms with Gasteiger partial charge in [0.15, 0.2) is 0 Å². The molecule has 2 unspecified atom stereocenters. The molecule has 0 aromatic carbocycles. The van der Waals surface area contributed by atoms with E-state index in [4.69, 9.17) is 4.74 Å². The summed E-state index contributed by atoms with van der Waals surface area (Å²) in [5.74, 6) is 2.26. The Balaban J connectivity index is 2.07. The fourth-order valence-electron chi connectivity index (χ4n) is 2.72. The number of pyridine rings is 1. The topological polar surface area (TPSA) is 22.1 Å². The van der Waals surface area contributed by atoms with Crippen molar-refractivity contribution in [3.63, 3.8) is 0 Å². The molecule has 0 bridgehead atoms. The Morgan fingerprint density at radius 2 is 1.88 bits per heavy atom. The third-order valence-corrected chi connectivity index (χ3v) is 4.43. The van der Waals surface area contributed by atoms with E-state index in [1.807, 2.05) is 12.3 Å². The molecule has 1 aromatic heterocycles. The van der Waals surface area contributed by atoms with Gasteiger partial charge in [0.25, 0.3) is 0 Å². The zero-order valence-corrected chi connectivity index (χ0v) is 12.3. The molecule has 17 heavy (non-hydrogen) atoms. The van der Waals surface area contributed by atoms with Crippen molar-refractivity contribution in [2.75, 3.05) is 0 Å². The smallest absolute Gasteiger partial charge is 0.228 e. The van der Waals surface area contributed by atoms with E-state index in [2.05, 4.69) is 41.7 Å². The summed E-state index contributed by atoms with van der Waals surface area (Å²) in [6, 6.07) is 1.99. The second-order valence-electron chi connectivity index (χ2n) is 5.40. The molecule has 0 N–H and O–H groups in total. The average Bonchev–Trinajstić information content (AvgIpc) is 2.23. The zero-order chi connectivity index (χ0) is 12.4. The van der Waals surface area contributed by atoms with Crippen molar-refractivity contribution in [1.29, 1.82) is 0 Å². The summed E-state index contributed by atoms with van der Waals surface area (Å²) in [6.07, 6.45) is 5.74. The third-order valence-electron chi connectivity index (χ3n) is 3.46. The van der Waals surface area contributed by atoms with Gasteiger partial charge >= 0.3 is 0 Å². The van der Waals surface area contributed by atoms with E-state index in [0.717, 1.165) is 35.0 Å². The van der Waals surface area contributed by atoms with Crippen LogP contribution in [0, 0.1) is 18.8 Å². The number of halogens is 1. The molecule has 2 rings (SSSR count). The normalized spacial score (nSPS) is 29.1. The number of rotatable bonds is 2. The first-order valence-corrected chi connectivity index (χ1v) is 7.13. The quantitative estimate of drug-likeness (QED) is 0.809. The Morgan fingerprint density at radius 1 is 1.24 bits per heavy atom. The van der Waals surface area contributed by atoms with E-state index in [-0.39, 0.29) is 0 Å². The minimum absolute atomic E-state index is 0.319. The second kappa shape index (κ2) is 5.38. The summed E-state index contributed by atoms with van der Waals surface area (Å²) in [5, 5.41) is 0. The first kappa shape index (κ1) is 12.9. The Hall–Kier alpha value is -0.570. The van der Waals surface area contributed by atoms with Gasteiger partial charge in [0, 0.05) is 6.20 Å². The summed E-state index contributed by atoms with van der Waals surface area (Å²) < 4.78 is 7.04. The molecule has 2 nitrogen and oxygen atoms in total. The summed E-state index contributed by atoms with van der Waals surface area (Å²) in [5.41, 5.74) is 1.17. The number of hydrogen-bond acceptors (Lipinski definition) is 2. The highest BCUT2D eigenvalue weighted by Gasteiger charge is 2.26. The lowest BCUT2D eigenvalue weighted by molar-refractivity contribution is 0.0959. The van der Waals surface area contributed by atoms with Crippen LogP contribution in [0.5, 0.6) is 5.88 Å². The van der Waals surface area contributed by atoms with Gasteiger partial charge in [-0.05, 0) is 65.6 Å². The molecule has 1 heterocycles. The van der Waals surface area contributed by atoms with Crippen LogP contribution in [-0.2, 0) is 0 Å². The van der Waals surface area contributed by atoms with Crippen LogP contribution in [0.1, 0.15) is 38.7 Å². The summed E-state index contributed by atoms with van der Waals surface area (Å²) in [6.45, 7) is 6.68. The first-order valence-electron chi connectivity index (χ1n) is 6.34. The van der Waals surface area contributed by atoms with Crippen molar-refractivity contribution in [1.82, 2.24) is 4.98 Å². The molecule has 0 amide bonds. The SMILES string of the molecule is Cc1ccnc(OC2CC(C)CC(C)C2)c1Br. The predicted molar refractivity (Wildman–Crippen MR) is 73.3 cm³/mol. The highest BCUT2D eigenvalue weighted by atomic mass is 79.9. The lowest BCUT2D eigenvalue weighted by atomic mass is 9.82. The van der Waals surface area contributed by atoms with Crippen LogP contribution in [0.15, 0.2) is 16.7 Å². The average molecular weight is 298 g/mol. The molecular formula is C14H20BrNO. The molecule has 94 valence electrons. The standard InChI is InChI=1S/C14H20BrNO/c1-9-6-10(2)8-12(7-9)17-14-13(15)11(3)4-5-16-14/h4-5,9-10,12H,6-8H2,1-3H3. The Labute approximate surface area is 112 Å². The molecular weight excluding hydrogens is 278 g/mol. The summed E-state index contributed by atoms with van der Waals surface area (Å²) >= 11 is 3.55. The molecule has 1 aliphatic rings. The van der Waals surface area contributed by atoms with Crippen molar-refractivity contribution >= 4 is 15.9 Å². The lowest BCUT2D eigenvalue weighted by Gasteiger charge is -2.31. The minimum Gasteiger partial charge on any atom is -0.474 e. The van der Waals surface area contributed by atoms with E-state index >= 15 is 0 Å². The van der Waals surface area contributed by atoms with Gasteiger partial charge in [-0.1, -0.05) is 13.8 Å². The number of nitrogens with zero attached hydrogens (tertiary/aromatic N) is 1. The molecule has 1 aromatic rings. The van der Waals surface area contributed by atoms with Crippen LogP contribution in [0.4, 0.5) is 0 Å². The van der Waals surface area contributed by atoms with E-state index in [1.165, 1.54) is 12.0 Å². The second-order valence-corrected chi connectivity index (χ2v) is 6.20. The van der Waals surface area contributed by atoms with Crippen LogP contribution < -0.4 is 4.74 Å². The number of aromatic nitrogens is 1. The Bertz CT molecular complexity index is 384. The number of hydrogen-bond donors (Lipinski definition) is 0. The van der Waals surface area contributed by atoms with E-state index in [0.29, 0.717) is 6.10 Å². The van der Waals surface area contributed by atoms with E-state index in [9.17, 15) is 0 Å². The predicted octanol–water partition coefficient (Wildman–Crippen LogP) is 4.36. The summed E-state index contributed by atoms with van der Waals surface area (Å²) in [7, 11) is 0. The minimum atomic E-state index is 0.319. The maximum atomic E-state index is 6.05. The summed E-state index contributed by atoms with van der Waals surface area (Å²) in [4.78, 5) is 4.31. The fraction of sp³-hybridized carbons (Fsp3) is 0.643. The van der Waals surface area contributed by atoms with Crippen molar-refractivity contribution in [3.05, 3.63) is 22.3 Å². The first-order chi connectivity index (χ1) is 8.06. The van der Waals surface area contributed by atoms with Gasteiger partial charge in [0.2, 0.25) is 5.88 Å².